The molecule has 3 rings (SSSR count). The van der Waals surface area contributed by atoms with Crippen LogP contribution in [0, 0.1) is 17.0 Å². The number of esters is 1. The third kappa shape index (κ3) is 4.38. The van der Waals surface area contributed by atoms with Gasteiger partial charge in [-0.05, 0) is 37.1 Å². The zero-order valence-electron chi connectivity index (χ0n) is 16.3. The highest BCUT2D eigenvalue weighted by Gasteiger charge is 2.20. The molecule has 0 aliphatic rings. The van der Waals surface area contributed by atoms with Crippen LogP contribution in [0.15, 0.2) is 42.5 Å². The van der Waals surface area contributed by atoms with Crippen LogP contribution in [0.2, 0.25) is 5.02 Å². The predicted octanol–water partition coefficient (Wildman–Crippen LogP) is 4.46. The summed E-state index contributed by atoms with van der Waals surface area (Å²) < 4.78 is 5.21. The second kappa shape index (κ2) is 8.87. The third-order valence-electron chi connectivity index (χ3n) is 4.54. The molecular formula is C21H18ClN3O5. The van der Waals surface area contributed by atoms with Crippen molar-refractivity contribution in [1.29, 1.82) is 0 Å². The SMILES string of the molecule is CCc1nc2ccccc2c(C(=O)OCC(=O)Nc2ccc(Cl)c([N+](=O)[O-])c2)c1C. The van der Waals surface area contributed by atoms with Gasteiger partial charge in [-0.2, -0.15) is 0 Å². The van der Waals surface area contributed by atoms with Gasteiger partial charge in [0, 0.05) is 22.8 Å². The monoisotopic (exact) mass is 427 g/mol. The zero-order chi connectivity index (χ0) is 21.8. The smallest absolute Gasteiger partial charge is 0.339 e. The summed E-state index contributed by atoms with van der Waals surface area (Å²) in [7, 11) is 0. The Labute approximate surface area is 177 Å². The van der Waals surface area contributed by atoms with Gasteiger partial charge in [0.15, 0.2) is 6.61 Å². The normalized spacial score (nSPS) is 10.6. The Morgan fingerprint density at radius 1 is 1.23 bits per heavy atom. The van der Waals surface area contributed by atoms with Gasteiger partial charge in [0.2, 0.25) is 0 Å². The maximum Gasteiger partial charge on any atom is 0.339 e. The molecule has 8 nitrogen and oxygen atoms in total. The number of halogens is 1. The highest BCUT2D eigenvalue weighted by atomic mass is 35.5. The third-order valence-corrected chi connectivity index (χ3v) is 4.86. The second-order valence-electron chi connectivity index (χ2n) is 6.48. The molecular weight excluding hydrogens is 410 g/mol. The van der Waals surface area contributed by atoms with Crippen molar-refractivity contribution in [2.75, 3.05) is 11.9 Å². The van der Waals surface area contributed by atoms with Crippen molar-refractivity contribution >= 4 is 45.8 Å². The first-order valence-corrected chi connectivity index (χ1v) is 9.48. The number of benzene rings is 2. The first-order valence-electron chi connectivity index (χ1n) is 9.11. The fraction of sp³-hybridized carbons (Fsp3) is 0.190. The molecule has 0 bridgehead atoms. The molecule has 0 atom stereocenters. The number of nitrogens with one attached hydrogen (secondary N) is 1. The number of aromatic nitrogens is 1. The maximum atomic E-state index is 12.8. The fourth-order valence-corrected chi connectivity index (χ4v) is 3.28. The number of nitro benzene ring substituents is 1. The summed E-state index contributed by atoms with van der Waals surface area (Å²) >= 11 is 5.76. The van der Waals surface area contributed by atoms with Crippen molar-refractivity contribution in [3.8, 4) is 0 Å². The predicted molar refractivity (Wildman–Crippen MR) is 113 cm³/mol. The molecule has 1 N–H and O–H groups in total. The summed E-state index contributed by atoms with van der Waals surface area (Å²) in [5.41, 5.74) is 2.36. The second-order valence-corrected chi connectivity index (χ2v) is 6.88. The summed E-state index contributed by atoms with van der Waals surface area (Å²) in [4.78, 5) is 39.8. The first-order chi connectivity index (χ1) is 14.3. The van der Waals surface area contributed by atoms with Gasteiger partial charge in [-0.1, -0.05) is 36.7 Å². The van der Waals surface area contributed by atoms with E-state index >= 15 is 0 Å². The Kier molecular flexibility index (Phi) is 6.27. The van der Waals surface area contributed by atoms with Gasteiger partial charge in [-0.25, -0.2) is 4.79 Å². The minimum atomic E-state index is -0.652. The number of para-hydroxylation sites is 1. The molecule has 0 fully saturated rings. The van der Waals surface area contributed by atoms with E-state index in [1.807, 2.05) is 19.1 Å². The lowest BCUT2D eigenvalue weighted by molar-refractivity contribution is -0.384. The molecule has 2 aromatic carbocycles. The van der Waals surface area contributed by atoms with Gasteiger partial charge >= 0.3 is 5.97 Å². The average Bonchev–Trinajstić information content (AvgIpc) is 2.72. The van der Waals surface area contributed by atoms with E-state index in [-0.39, 0.29) is 16.4 Å². The number of aryl methyl sites for hydroxylation is 1. The van der Waals surface area contributed by atoms with Crippen LogP contribution in [0.4, 0.5) is 11.4 Å². The van der Waals surface area contributed by atoms with Crippen molar-refractivity contribution in [2.45, 2.75) is 20.3 Å². The number of nitro groups is 1. The zero-order valence-corrected chi connectivity index (χ0v) is 17.0. The number of anilines is 1. The van der Waals surface area contributed by atoms with Crippen LogP contribution < -0.4 is 5.32 Å². The van der Waals surface area contributed by atoms with Gasteiger partial charge in [-0.3, -0.25) is 19.9 Å². The highest BCUT2D eigenvalue weighted by Crippen LogP contribution is 2.27. The molecule has 0 aliphatic carbocycles. The molecule has 1 aromatic heterocycles. The number of carbonyl (C=O) groups is 2. The van der Waals surface area contributed by atoms with E-state index in [1.165, 1.54) is 12.1 Å². The van der Waals surface area contributed by atoms with Crippen molar-refractivity contribution in [3.63, 3.8) is 0 Å². The van der Waals surface area contributed by atoms with E-state index in [2.05, 4.69) is 10.3 Å². The van der Waals surface area contributed by atoms with Crippen molar-refractivity contribution < 1.29 is 19.2 Å². The van der Waals surface area contributed by atoms with Crippen LogP contribution in [0.1, 0.15) is 28.5 Å². The summed E-state index contributed by atoms with van der Waals surface area (Å²) in [5.74, 6) is -1.27. The number of carbonyl (C=O) groups excluding carboxylic acids is 2. The molecule has 30 heavy (non-hydrogen) atoms. The van der Waals surface area contributed by atoms with Gasteiger partial charge in [0.1, 0.15) is 5.02 Å². The Hall–Kier alpha value is -3.52. The van der Waals surface area contributed by atoms with Gasteiger partial charge < -0.3 is 10.1 Å². The average molecular weight is 428 g/mol. The molecule has 3 aromatic rings. The molecule has 9 heteroatoms. The van der Waals surface area contributed by atoms with Crippen molar-refractivity contribution in [1.82, 2.24) is 4.98 Å². The topological polar surface area (TPSA) is 111 Å². The lowest BCUT2D eigenvalue weighted by atomic mass is 10.0. The summed E-state index contributed by atoms with van der Waals surface area (Å²) in [5, 5.41) is 14.0. The quantitative estimate of drug-likeness (QED) is 0.353. The number of hydrogen-bond donors (Lipinski definition) is 1. The standard InChI is InChI=1S/C21H18ClN3O5/c1-3-16-12(2)20(14-6-4-5-7-17(14)24-16)21(27)30-11-19(26)23-13-8-9-15(22)18(10-13)25(28)29/h4-10H,3,11H2,1-2H3,(H,23,26). The molecule has 0 saturated carbocycles. The number of fused-ring (bicyclic) bond motifs is 1. The molecule has 0 saturated heterocycles. The van der Waals surface area contributed by atoms with Gasteiger partial charge in [0.05, 0.1) is 16.0 Å². The van der Waals surface area contributed by atoms with E-state index in [9.17, 15) is 19.7 Å². The molecule has 0 unspecified atom stereocenters. The number of ether oxygens (including phenoxy) is 1. The van der Waals surface area contributed by atoms with Gasteiger partial charge in [-0.15, -0.1) is 0 Å². The van der Waals surface area contributed by atoms with E-state index in [0.717, 1.165) is 11.8 Å². The maximum absolute atomic E-state index is 12.8. The summed E-state index contributed by atoms with van der Waals surface area (Å²) in [6.07, 6.45) is 0.646. The van der Waals surface area contributed by atoms with E-state index in [4.69, 9.17) is 16.3 Å². The Bertz CT molecular complexity index is 1160. The van der Waals surface area contributed by atoms with Gasteiger partial charge in [0.25, 0.3) is 11.6 Å². The van der Waals surface area contributed by atoms with Crippen LogP contribution >= 0.6 is 11.6 Å². The largest absolute Gasteiger partial charge is 0.452 e. The Morgan fingerprint density at radius 3 is 2.67 bits per heavy atom. The Morgan fingerprint density at radius 2 is 1.97 bits per heavy atom. The van der Waals surface area contributed by atoms with Crippen molar-refractivity contribution in [2.24, 2.45) is 0 Å². The molecule has 1 heterocycles. The Balaban J connectivity index is 1.76. The fourth-order valence-electron chi connectivity index (χ4n) is 3.10. The molecule has 1 amide bonds. The summed E-state index contributed by atoms with van der Waals surface area (Å²) in [6, 6.07) is 11.1. The molecule has 154 valence electrons. The number of hydrogen-bond acceptors (Lipinski definition) is 6. The minimum absolute atomic E-state index is 0.0452. The van der Waals surface area contributed by atoms with Crippen LogP contribution in [-0.2, 0) is 16.0 Å². The van der Waals surface area contributed by atoms with E-state index < -0.39 is 23.4 Å². The molecule has 0 spiro atoms. The number of nitrogens with zero attached hydrogens (tertiary/aromatic N) is 2. The molecule has 0 aliphatic heterocycles. The van der Waals surface area contributed by atoms with Crippen LogP contribution in [0.5, 0.6) is 0 Å². The van der Waals surface area contributed by atoms with E-state index in [0.29, 0.717) is 28.5 Å². The first kappa shape index (κ1) is 21.2. The number of pyridine rings is 1. The van der Waals surface area contributed by atoms with E-state index in [1.54, 1.807) is 19.1 Å². The van der Waals surface area contributed by atoms with Crippen LogP contribution in [0.25, 0.3) is 10.9 Å². The number of rotatable bonds is 6. The molecule has 0 radical (unpaired) electrons. The highest BCUT2D eigenvalue weighted by molar-refractivity contribution is 6.32. The van der Waals surface area contributed by atoms with Crippen LogP contribution in [-0.4, -0.2) is 28.4 Å². The lowest BCUT2D eigenvalue weighted by Gasteiger charge is -2.13. The van der Waals surface area contributed by atoms with Crippen LogP contribution in [0.3, 0.4) is 0 Å². The van der Waals surface area contributed by atoms with Crippen molar-refractivity contribution in [3.05, 3.63) is 74.4 Å². The lowest BCUT2D eigenvalue weighted by Crippen LogP contribution is -2.21. The summed E-state index contributed by atoms with van der Waals surface area (Å²) in [6.45, 7) is 3.19. The minimum Gasteiger partial charge on any atom is -0.452 e. The number of amides is 1.